The van der Waals surface area contributed by atoms with E-state index in [1.54, 1.807) is 30.3 Å². The fraction of sp³-hybridized carbons (Fsp3) is 0.381. The quantitative estimate of drug-likeness (QED) is 0.802. The number of hydrogen-bond donors (Lipinski definition) is 1. The molecule has 7 heteroatoms. The first-order chi connectivity index (χ1) is 13.3. The molecule has 1 aliphatic rings. The summed E-state index contributed by atoms with van der Waals surface area (Å²) < 4.78 is 32.8. The van der Waals surface area contributed by atoms with E-state index < -0.39 is 10.0 Å². The number of nitrogens with one attached hydrogen (secondary N) is 1. The molecule has 3 rings (SSSR count). The molecule has 0 aromatic heterocycles. The number of carbonyl (C=O) groups excluding carboxylic acids is 1. The summed E-state index contributed by atoms with van der Waals surface area (Å²) in [7, 11) is -0.877. The van der Waals surface area contributed by atoms with E-state index in [0.717, 1.165) is 31.2 Å². The van der Waals surface area contributed by atoms with Crippen LogP contribution >= 0.6 is 0 Å². The van der Waals surface area contributed by atoms with E-state index in [9.17, 15) is 13.2 Å². The van der Waals surface area contributed by atoms with Crippen molar-refractivity contribution in [3.63, 3.8) is 0 Å². The Morgan fingerprint density at radius 3 is 2.50 bits per heavy atom. The van der Waals surface area contributed by atoms with Crippen LogP contribution in [0, 0.1) is 6.92 Å². The number of benzene rings is 2. The third-order valence-electron chi connectivity index (χ3n) is 5.23. The number of nitrogens with zero attached hydrogens (tertiary/aromatic N) is 1. The van der Waals surface area contributed by atoms with Gasteiger partial charge in [0.05, 0.1) is 17.7 Å². The van der Waals surface area contributed by atoms with Gasteiger partial charge in [0.2, 0.25) is 0 Å². The lowest BCUT2D eigenvalue weighted by atomic mass is 10.1. The van der Waals surface area contributed by atoms with E-state index in [1.807, 2.05) is 6.92 Å². The zero-order valence-electron chi connectivity index (χ0n) is 16.4. The topological polar surface area (TPSA) is 75.7 Å². The van der Waals surface area contributed by atoms with Crippen molar-refractivity contribution in [1.82, 2.24) is 5.32 Å². The molecular weight excluding hydrogens is 376 g/mol. The highest BCUT2D eigenvalue weighted by molar-refractivity contribution is 7.92. The largest absolute Gasteiger partial charge is 0.495 e. The van der Waals surface area contributed by atoms with Crippen LogP contribution in [0.4, 0.5) is 5.69 Å². The van der Waals surface area contributed by atoms with Crippen LogP contribution in [0.5, 0.6) is 5.75 Å². The summed E-state index contributed by atoms with van der Waals surface area (Å²) in [6.45, 7) is 1.81. The molecule has 2 aromatic carbocycles. The second-order valence-electron chi connectivity index (χ2n) is 7.08. The van der Waals surface area contributed by atoms with Crippen molar-refractivity contribution in [2.45, 2.75) is 43.5 Å². The minimum absolute atomic E-state index is 0.0723. The molecule has 1 N–H and O–H groups in total. The number of ether oxygens (including phenoxy) is 1. The standard InChI is InChI=1S/C21H26N2O4S/c1-15-12-13-17(14-18(15)21(24)22-16-8-4-5-9-16)28(25,26)23(2)19-10-6-7-11-20(19)27-3/h6-7,10-14,16H,4-5,8-9H2,1-3H3,(H,22,24). The summed E-state index contributed by atoms with van der Waals surface area (Å²) >= 11 is 0. The van der Waals surface area contributed by atoms with Crippen molar-refractivity contribution in [2.75, 3.05) is 18.5 Å². The van der Waals surface area contributed by atoms with Crippen LogP contribution in [0.15, 0.2) is 47.4 Å². The second-order valence-corrected chi connectivity index (χ2v) is 9.05. The van der Waals surface area contributed by atoms with Gasteiger partial charge in [-0.2, -0.15) is 0 Å². The molecule has 28 heavy (non-hydrogen) atoms. The lowest BCUT2D eigenvalue weighted by molar-refractivity contribution is 0.0937. The SMILES string of the molecule is COc1ccccc1N(C)S(=O)(=O)c1ccc(C)c(C(=O)NC2CCCC2)c1. The van der Waals surface area contributed by atoms with Gasteiger partial charge in [0.15, 0.2) is 0 Å². The van der Waals surface area contributed by atoms with Gasteiger partial charge < -0.3 is 10.1 Å². The Hall–Kier alpha value is -2.54. The normalized spacial score (nSPS) is 14.7. The van der Waals surface area contributed by atoms with E-state index in [2.05, 4.69) is 5.32 Å². The number of hydrogen-bond acceptors (Lipinski definition) is 4. The number of sulfonamides is 1. The molecule has 1 fully saturated rings. The van der Waals surface area contributed by atoms with E-state index in [0.29, 0.717) is 17.0 Å². The van der Waals surface area contributed by atoms with Crippen LogP contribution in [0.25, 0.3) is 0 Å². The maximum absolute atomic E-state index is 13.2. The second kappa shape index (κ2) is 8.22. The molecule has 0 saturated heterocycles. The highest BCUT2D eigenvalue weighted by Crippen LogP contribution is 2.31. The molecule has 0 heterocycles. The van der Waals surface area contributed by atoms with Gasteiger partial charge in [0.25, 0.3) is 15.9 Å². The maximum atomic E-state index is 13.2. The lowest BCUT2D eigenvalue weighted by Gasteiger charge is -2.22. The first kappa shape index (κ1) is 20.2. The third kappa shape index (κ3) is 3.99. The molecule has 150 valence electrons. The Labute approximate surface area is 166 Å². The van der Waals surface area contributed by atoms with Crippen LogP contribution in [0.2, 0.25) is 0 Å². The predicted octanol–water partition coefficient (Wildman–Crippen LogP) is 3.50. The van der Waals surface area contributed by atoms with Gasteiger partial charge in [-0.15, -0.1) is 0 Å². The molecule has 2 aromatic rings. The molecule has 1 amide bonds. The summed E-state index contributed by atoms with van der Waals surface area (Å²) in [5.74, 6) is 0.237. The fourth-order valence-corrected chi connectivity index (χ4v) is 4.75. The number of methoxy groups -OCH3 is 1. The van der Waals surface area contributed by atoms with E-state index in [4.69, 9.17) is 4.74 Å². The van der Waals surface area contributed by atoms with Gasteiger partial charge in [0, 0.05) is 18.7 Å². The summed E-state index contributed by atoms with van der Waals surface area (Å²) in [4.78, 5) is 12.8. The molecule has 6 nitrogen and oxygen atoms in total. The summed E-state index contributed by atoms with van der Waals surface area (Å²) in [5.41, 5.74) is 1.57. The van der Waals surface area contributed by atoms with Crippen LogP contribution in [-0.4, -0.2) is 34.5 Å². The third-order valence-corrected chi connectivity index (χ3v) is 6.99. The number of amides is 1. The van der Waals surface area contributed by atoms with E-state index in [-0.39, 0.29) is 16.8 Å². The lowest BCUT2D eigenvalue weighted by Crippen LogP contribution is -2.33. The molecule has 0 atom stereocenters. The molecule has 1 aliphatic carbocycles. The molecule has 0 bridgehead atoms. The van der Waals surface area contributed by atoms with E-state index >= 15 is 0 Å². The van der Waals surface area contributed by atoms with Crippen molar-refractivity contribution in [2.24, 2.45) is 0 Å². The summed E-state index contributed by atoms with van der Waals surface area (Å²) in [6.07, 6.45) is 4.17. The Bertz CT molecular complexity index is 966. The minimum atomic E-state index is -3.85. The van der Waals surface area contributed by atoms with E-state index in [1.165, 1.54) is 30.6 Å². The Balaban J connectivity index is 1.92. The maximum Gasteiger partial charge on any atom is 0.264 e. The fourth-order valence-electron chi connectivity index (χ4n) is 3.52. The average molecular weight is 403 g/mol. The van der Waals surface area contributed by atoms with Crippen LogP contribution in [-0.2, 0) is 10.0 Å². The molecule has 0 aliphatic heterocycles. The van der Waals surface area contributed by atoms with Crippen LogP contribution in [0.1, 0.15) is 41.6 Å². The Kier molecular flexibility index (Phi) is 5.93. The van der Waals surface area contributed by atoms with Crippen molar-refractivity contribution >= 4 is 21.6 Å². The van der Waals surface area contributed by atoms with Gasteiger partial charge in [-0.3, -0.25) is 9.10 Å². The number of para-hydroxylation sites is 2. The molecule has 1 saturated carbocycles. The highest BCUT2D eigenvalue weighted by Gasteiger charge is 2.26. The Morgan fingerprint density at radius 1 is 1.14 bits per heavy atom. The average Bonchev–Trinajstić information content (AvgIpc) is 3.20. The molecule has 0 unspecified atom stereocenters. The molecule has 0 radical (unpaired) electrons. The highest BCUT2D eigenvalue weighted by atomic mass is 32.2. The monoisotopic (exact) mass is 402 g/mol. The summed E-state index contributed by atoms with van der Waals surface area (Å²) in [6, 6.07) is 11.7. The Morgan fingerprint density at radius 2 is 1.82 bits per heavy atom. The first-order valence-corrected chi connectivity index (χ1v) is 10.8. The number of aryl methyl sites for hydroxylation is 1. The minimum Gasteiger partial charge on any atom is -0.495 e. The van der Waals surface area contributed by atoms with Crippen LogP contribution in [0.3, 0.4) is 0 Å². The first-order valence-electron chi connectivity index (χ1n) is 9.38. The molecule has 0 spiro atoms. The van der Waals surface area contributed by atoms with Gasteiger partial charge in [0.1, 0.15) is 5.75 Å². The predicted molar refractivity (Wildman–Crippen MR) is 109 cm³/mol. The number of rotatable bonds is 6. The van der Waals surface area contributed by atoms with Gasteiger partial charge in [-0.1, -0.05) is 31.0 Å². The number of carbonyl (C=O) groups is 1. The number of anilines is 1. The van der Waals surface area contributed by atoms with Crippen LogP contribution < -0.4 is 14.4 Å². The zero-order chi connectivity index (χ0) is 20.3. The smallest absolute Gasteiger partial charge is 0.264 e. The summed E-state index contributed by atoms with van der Waals surface area (Å²) in [5, 5.41) is 3.03. The van der Waals surface area contributed by atoms with Gasteiger partial charge >= 0.3 is 0 Å². The zero-order valence-corrected chi connectivity index (χ0v) is 17.3. The van der Waals surface area contributed by atoms with Crippen molar-refractivity contribution in [3.05, 3.63) is 53.6 Å². The van der Waals surface area contributed by atoms with Crippen molar-refractivity contribution in [1.29, 1.82) is 0 Å². The van der Waals surface area contributed by atoms with Crippen molar-refractivity contribution in [3.8, 4) is 5.75 Å². The van der Waals surface area contributed by atoms with Gasteiger partial charge in [-0.25, -0.2) is 8.42 Å². The molecular formula is C21H26N2O4S. The van der Waals surface area contributed by atoms with Crippen molar-refractivity contribution < 1.29 is 17.9 Å². The van der Waals surface area contributed by atoms with Gasteiger partial charge in [-0.05, 0) is 49.6 Å².